The largest absolute Gasteiger partial charge is 0.491 e. The molecule has 2 aromatic rings. The van der Waals surface area contributed by atoms with E-state index in [0.29, 0.717) is 22.8 Å². The maximum absolute atomic E-state index is 12.4. The van der Waals surface area contributed by atoms with Gasteiger partial charge in [-0.25, -0.2) is 8.42 Å². The molecule has 9 heteroatoms. The van der Waals surface area contributed by atoms with Crippen molar-refractivity contribution < 1.29 is 18.1 Å². The Morgan fingerprint density at radius 1 is 1.18 bits per heavy atom. The highest BCUT2D eigenvalue weighted by atomic mass is 35.5. The summed E-state index contributed by atoms with van der Waals surface area (Å²) in [5.41, 5.74) is 1.68. The number of hydrogen-bond acceptors (Lipinski definition) is 4. The Kier molecular flexibility index (Phi) is 4.09. The summed E-state index contributed by atoms with van der Waals surface area (Å²) in [5.74, 6) is 0. The number of hydrogen-bond donors (Lipinski definition) is 2. The van der Waals surface area contributed by atoms with Crippen molar-refractivity contribution in [3.8, 4) is 0 Å². The van der Waals surface area contributed by atoms with Gasteiger partial charge in [-0.2, -0.15) is 0 Å². The highest BCUT2D eigenvalue weighted by molar-refractivity contribution is 7.92. The summed E-state index contributed by atoms with van der Waals surface area (Å²) >= 11 is 11.7. The van der Waals surface area contributed by atoms with E-state index in [-0.39, 0.29) is 9.92 Å². The standard InChI is InChI=1S/C13H10BCl2NO4S/c15-9-2-4-13(12(16)5-9)22(19,20)17-10-3-1-8-7-21-14(18)11(8)6-10/h1-6,17-18H,7H2. The van der Waals surface area contributed by atoms with Crippen molar-refractivity contribution in [2.24, 2.45) is 0 Å². The van der Waals surface area contributed by atoms with Gasteiger partial charge >= 0.3 is 7.12 Å². The van der Waals surface area contributed by atoms with Gasteiger partial charge in [0, 0.05) is 10.7 Å². The van der Waals surface area contributed by atoms with Gasteiger partial charge in [-0.15, -0.1) is 0 Å². The molecule has 0 aromatic heterocycles. The average Bonchev–Trinajstić information content (AvgIpc) is 2.79. The summed E-state index contributed by atoms with van der Waals surface area (Å²) in [6, 6.07) is 8.97. The summed E-state index contributed by atoms with van der Waals surface area (Å²) in [5, 5.41) is 10.0. The maximum atomic E-state index is 12.4. The van der Waals surface area contributed by atoms with Crippen LogP contribution < -0.4 is 10.2 Å². The molecule has 0 unspecified atom stereocenters. The van der Waals surface area contributed by atoms with Crippen molar-refractivity contribution in [1.82, 2.24) is 0 Å². The number of halogens is 2. The Morgan fingerprint density at radius 2 is 1.95 bits per heavy atom. The lowest BCUT2D eigenvalue weighted by molar-refractivity contribution is 0.275. The maximum Gasteiger partial charge on any atom is 0.491 e. The Morgan fingerprint density at radius 3 is 2.68 bits per heavy atom. The number of anilines is 1. The smallest absolute Gasteiger partial charge is 0.423 e. The van der Waals surface area contributed by atoms with Crippen LogP contribution in [0.1, 0.15) is 5.56 Å². The van der Waals surface area contributed by atoms with E-state index in [1.807, 2.05) is 0 Å². The fraction of sp³-hybridized carbons (Fsp3) is 0.0769. The highest BCUT2D eigenvalue weighted by Crippen LogP contribution is 2.27. The van der Waals surface area contributed by atoms with E-state index >= 15 is 0 Å². The number of nitrogens with one attached hydrogen (secondary N) is 1. The van der Waals surface area contributed by atoms with E-state index in [1.165, 1.54) is 24.3 Å². The predicted molar refractivity (Wildman–Crippen MR) is 86.1 cm³/mol. The molecule has 0 amide bonds. The minimum Gasteiger partial charge on any atom is -0.423 e. The van der Waals surface area contributed by atoms with Gasteiger partial charge in [0.25, 0.3) is 10.0 Å². The molecule has 0 radical (unpaired) electrons. The first-order valence-electron chi connectivity index (χ1n) is 6.27. The summed E-state index contributed by atoms with van der Waals surface area (Å²) in [6.07, 6.45) is 0. The van der Waals surface area contributed by atoms with Crippen molar-refractivity contribution in [3.63, 3.8) is 0 Å². The Bertz CT molecular complexity index is 844. The SMILES string of the molecule is O=S(=O)(Nc1ccc2c(c1)B(O)OC2)c1ccc(Cl)cc1Cl. The lowest BCUT2D eigenvalue weighted by Gasteiger charge is -2.11. The van der Waals surface area contributed by atoms with Crippen molar-refractivity contribution in [2.75, 3.05) is 4.72 Å². The van der Waals surface area contributed by atoms with Gasteiger partial charge in [0.2, 0.25) is 0 Å². The second-order valence-electron chi connectivity index (χ2n) is 4.76. The third-order valence-corrected chi connectivity index (χ3v) is 5.34. The van der Waals surface area contributed by atoms with E-state index in [9.17, 15) is 13.4 Å². The summed E-state index contributed by atoms with van der Waals surface area (Å²) in [6.45, 7) is 0.298. The van der Waals surface area contributed by atoms with Gasteiger partial charge in [0.05, 0.1) is 11.6 Å². The fourth-order valence-electron chi connectivity index (χ4n) is 2.18. The molecule has 0 spiro atoms. The van der Waals surface area contributed by atoms with Gasteiger partial charge in [0.1, 0.15) is 4.90 Å². The minimum absolute atomic E-state index is 0.0320. The monoisotopic (exact) mass is 357 g/mol. The Labute approximate surface area is 138 Å². The van der Waals surface area contributed by atoms with Gasteiger partial charge in [-0.1, -0.05) is 29.3 Å². The van der Waals surface area contributed by atoms with Crippen LogP contribution in [-0.4, -0.2) is 20.6 Å². The quantitative estimate of drug-likeness (QED) is 0.824. The van der Waals surface area contributed by atoms with Crippen LogP contribution in [0.5, 0.6) is 0 Å². The van der Waals surface area contributed by atoms with Crippen molar-refractivity contribution in [2.45, 2.75) is 11.5 Å². The zero-order valence-electron chi connectivity index (χ0n) is 11.1. The second-order valence-corrected chi connectivity index (χ2v) is 7.25. The molecule has 0 fully saturated rings. The zero-order valence-corrected chi connectivity index (χ0v) is 13.4. The topological polar surface area (TPSA) is 75.6 Å². The van der Waals surface area contributed by atoms with E-state index in [1.54, 1.807) is 12.1 Å². The molecule has 0 bridgehead atoms. The third-order valence-electron chi connectivity index (χ3n) is 3.24. The second kappa shape index (κ2) is 5.75. The van der Waals surface area contributed by atoms with Gasteiger partial charge in [-0.05, 0) is 41.4 Å². The minimum atomic E-state index is -3.86. The molecule has 1 aliphatic heterocycles. The first-order valence-corrected chi connectivity index (χ1v) is 8.51. The first kappa shape index (κ1) is 15.6. The molecule has 0 saturated heterocycles. The Hall–Kier alpha value is -1.25. The lowest BCUT2D eigenvalue weighted by atomic mass is 9.79. The molecule has 0 aliphatic carbocycles. The van der Waals surface area contributed by atoms with E-state index in [0.717, 1.165) is 5.56 Å². The van der Waals surface area contributed by atoms with Crippen LogP contribution >= 0.6 is 23.2 Å². The molecule has 5 nitrogen and oxygen atoms in total. The molecule has 1 aliphatic rings. The van der Waals surface area contributed by atoms with Crippen molar-refractivity contribution >= 4 is 51.5 Å². The Balaban J connectivity index is 1.93. The first-order chi connectivity index (χ1) is 10.4. The number of benzene rings is 2. The van der Waals surface area contributed by atoms with Crippen molar-refractivity contribution in [1.29, 1.82) is 0 Å². The molecule has 3 rings (SSSR count). The fourth-order valence-corrected chi connectivity index (χ4v) is 4.00. The number of rotatable bonds is 3. The molecular weight excluding hydrogens is 348 g/mol. The average molecular weight is 358 g/mol. The molecule has 1 heterocycles. The highest BCUT2D eigenvalue weighted by Gasteiger charge is 2.28. The number of sulfonamides is 1. The van der Waals surface area contributed by atoms with Crippen LogP contribution in [0.4, 0.5) is 5.69 Å². The summed E-state index contributed by atoms with van der Waals surface area (Å²) < 4.78 is 32.3. The predicted octanol–water partition coefficient (Wildman–Crippen LogP) is 2.01. The van der Waals surface area contributed by atoms with Crippen LogP contribution in [0.25, 0.3) is 0 Å². The van der Waals surface area contributed by atoms with Crippen LogP contribution in [0, 0.1) is 0 Å². The summed E-state index contributed by atoms with van der Waals surface area (Å²) in [4.78, 5) is -0.0733. The molecule has 0 atom stereocenters. The lowest BCUT2D eigenvalue weighted by Crippen LogP contribution is -2.28. The van der Waals surface area contributed by atoms with Crippen LogP contribution in [0.15, 0.2) is 41.3 Å². The molecule has 2 aromatic carbocycles. The van der Waals surface area contributed by atoms with Gasteiger partial charge < -0.3 is 9.68 Å². The molecule has 22 heavy (non-hydrogen) atoms. The molecule has 0 saturated carbocycles. The van der Waals surface area contributed by atoms with Gasteiger partial charge in [-0.3, -0.25) is 4.72 Å². The molecular formula is C13H10BCl2NO4S. The number of fused-ring (bicyclic) bond motifs is 1. The normalized spacial score (nSPS) is 14.0. The molecule has 114 valence electrons. The van der Waals surface area contributed by atoms with Crippen LogP contribution in [-0.2, 0) is 21.3 Å². The summed E-state index contributed by atoms with van der Waals surface area (Å²) in [7, 11) is -4.90. The third kappa shape index (κ3) is 2.95. The van der Waals surface area contributed by atoms with Crippen molar-refractivity contribution in [3.05, 3.63) is 52.0 Å². The van der Waals surface area contributed by atoms with Crippen LogP contribution in [0.2, 0.25) is 10.0 Å². The van der Waals surface area contributed by atoms with E-state index in [2.05, 4.69) is 4.72 Å². The van der Waals surface area contributed by atoms with E-state index in [4.69, 9.17) is 27.9 Å². The van der Waals surface area contributed by atoms with E-state index < -0.39 is 17.1 Å². The molecule has 2 N–H and O–H groups in total. The van der Waals surface area contributed by atoms with Gasteiger partial charge in [0.15, 0.2) is 0 Å². The van der Waals surface area contributed by atoms with Crippen LogP contribution in [0.3, 0.4) is 0 Å². The zero-order chi connectivity index (χ0) is 15.9.